The van der Waals surface area contributed by atoms with Crippen molar-refractivity contribution >= 4 is 11.7 Å². The quantitative estimate of drug-likeness (QED) is 0.773. The van der Waals surface area contributed by atoms with Gasteiger partial charge in [0.05, 0.1) is 5.56 Å². The molecule has 0 aliphatic carbocycles. The molecule has 1 amide bonds. The maximum atomic E-state index is 11.1. The Kier molecular flexibility index (Phi) is 5.35. The van der Waals surface area contributed by atoms with Crippen LogP contribution in [0.15, 0.2) is 18.3 Å². The zero-order valence-corrected chi connectivity index (χ0v) is 12.1. The van der Waals surface area contributed by atoms with E-state index in [0.717, 1.165) is 31.9 Å². The van der Waals surface area contributed by atoms with Crippen molar-refractivity contribution in [3.05, 3.63) is 23.9 Å². The molecule has 2 rings (SSSR count). The number of hydrogen-bond donors (Lipinski definition) is 2. The first-order valence-corrected chi connectivity index (χ1v) is 7.45. The fraction of sp³-hybridized carbons (Fsp3) is 0.600. The number of anilines is 1. The minimum atomic E-state index is -0.427. The van der Waals surface area contributed by atoms with Gasteiger partial charge in [0.25, 0.3) is 0 Å². The summed E-state index contributed by atoms with van der Waals surface area (Å²) in [5, 5.41) is 3.49. The van der Waals surface area contributed by atoms with Gasteiger partial charge in [0, 0.05) is 25.3 Å². The highest BCUT2D eigenvalue weighted by Crippen LogP contribution is 2.22. The van der Waals surface area contributed by atoms with Gasteiger partial charge in [0.2, 0.25) is 5.91 Å². The summed E-state index contributed by atoms with van der Waals surface area (Å²) >= 11 is 0. The Balaban J connectivity index is 2.04. The van der Waals surface area contributed by atoms with Gasteiger partial charge in [-0.1, -0.05) is 6.92 Å². The fourth-order valence-electron chi connectivity index (χ4n) is 2.66. The smallest absolute Gasteiger partial charge is 0.250 e. The van der Waals surface area contributed by atoms with Gasteiger partial charge < -0.3 is 16.0 Å². The lowest BCUT2D eigenvalue weighted by Gasteiger charge is -2.37. The minimum Gasteiger partial charge on any atom is -0.366 e. The zero-order valence-electron chi connectivity index (χ0n) is 12.1. The maximum Gasteiger partial charge on any atom is 0.250 e. The van der Waals surface area contributed by atoms with Gasteiger partial charge in [-0.15, -0.1) is 0 Å². The third-order valence-electron chi connectivity index (χ3n) is 3.76. The van der Waals surface area contributed by atoms with Crippen LogP contribution >= 0.6 is 0 Å². The van der Waals surface area contributed by atoms with Crippen LogP contribution in [0, 0.1) is 0 Å². The molecule has 20 heavy (non-hydrogen) atoms. The molecule has 1 unspecified atom stereocenters. The van der Waals surface area contributed by atoms with Gasteiger partial charge in [-0.2, -0.15) is 0 Å². The highest BCUT2D eigenvalue weighted by Gasteiger charge is 2.23. The van der Waals surface area contributed by atoms with Crippen molar-refractivity contribution in [1.82, 2.24) is 10.3 Å². The van der Waals surface area contributed by atoms with Crippen molar-refractivity contribution in [2.75, 3.05) is 24.5 Å². The molecule has 5 heteroatoms. The monoisotopic (exact) mass is 276 g/mol. The van der Waals surface area contributed by atoms with E-state index in [-0.39, 0.29) is 0 Å². The number of rotatable bonds is 6. The van der Waals surface area contributed by atoms with Crippen LogP contribution < -0.4 is 16.0 Å². The standard InChI is InChI=1S/C15H24N4O/c1-2-8-17-11-13-5-3-4-9-19(13)14-7-6-12(10-18-14)15(16)20/h6-7,10,13,17H,2-5,8-9,11H2,1H3,(H2,16,20). The lowest BCUT2D eigenvalue weighted by atomic mass is 10.0. The van der Waals surface area contributed by atoms with Gasteiger partial charge in [-0.05, 0) is 44.4 Å². The van der Waals surface area contributed by atoms with E-state index in [4.69, 9.17) is 5.73 Å². The highest BCUT2D eigenvalue weighted by atomic mass is 16.1. The first-order valence-electron chi connectivity index (χ1n) is 7.45. The van der Waals surface area contributed by atoms with E-state index < -0.39 is 5.91 Å². The molecule has 0 aromatic carbocycles. The van der Waals surface area contributed by atoms with Crippen molar-refractivity contribution in [3.63, 3.8) is 0 Å². The van der Waals surface area contributed by atoms with Gasteiger partial charge in [-0.3, -0.25) is 4.79 Å². The van der Waals surface area contributed by atoms with Crippen molar-refractivity contribution in [1.29, 1.82) is 0 Å². The Bertz CT molecular complexity index is 432. The van der Waals surface area contributed by atoms with Gasteiger partial charge in [0.15, 0.2) is 0 Å². The van der Waals surface area contributed by atoms with Crippen LogP contribution in [0.2, 0.25) is 0 Å². The minimum absolute atomic E-state index is 0.427. The van der Waals surface area contributed by atoms with Crippen LogP contribution in [0.5, 0.6) is 0 Å². The van der Waals surface area contributed by atoms with Gasteiger partial charge in [0.1, 0.15) is 5.82 Å². The summed E-state index contributed by atoms with van der Waals surface area (Å²) in [6.45, 7) is 5.25. The number of hydrogen-bond acceptors (Lipinski definition) is 4. The third-order valence-corrected chi connectivity index (χ3v) is 3.76. The van der Waals surface area contributed by atoms with Crippen LogP contribution in [-0.4, -0.2) is 36.6 Å². The second kappa shape index (κ2) is 7.24. The number of amides is 1. The SMILES string of the molecule is CCCNCC1CCCCN1c1ccc(C(N)=O)cn1. The summed E-state index contributed by atoms with van der Waals surface area (Å²) in [5.41, 5.74) is 5.71. The number of nitrogens with two attached hydrogens (primary N) is 1. The normalized spacial score (nSPS) is 19.1. The summed E-state index contributed by atoms with van der Waals surface area (Å²) in [7, 11) is 0. The van der Waals surface area contributed by atoms with E-state index >= 15 is 0 Å². The van der Waals surface area contributed by atoms with E-state index in [2.05, 4.69) is 22.1 Å². The second-order valence-corrected chi connectivity index (χ2v) is 5.32. The Morgan fingerprint density at radius 3 is 3.00 bits per heavy atom. The average Bonchev–Trinajstić information content (AvgIpc) is 2.48. The molecule has 5 nitrogen and oxygen atoms in total. The zero-order chi connectivity index (χ0) is 14.4. The molecule has 0 radical (unpaired) electrons. The highest BCUT2D eigenvalue weighted by molar-refractivity contribution is 5.92. The molecule has 0 spiro atoms. The molecule has 1 atom stereocenters. The molecule has 1 saturated heterocycles. The summed E-state index contributed by atoms with van der Waals surface area (Å²) < 4.78 is 0. The predicted octanol–water partition coefficient (Wildman–Crippen LogP) is 1.54. The largest absolute Gasteiger partial charge is 0.366 e. The van der Waals surface area contributed by atoms with Crippen molar-refractivity contribution in [2.24, 2.45) is 5.73 Å². The second-order valence-electron chi connectivity index (χ2n) is 5.32. The lowest BCUT2D eigenvalue weighted by Crippen LogP contribution is -2.46. The number of pyridine rings is 1. The molecule has 0 bridgehead atoms. The summed E-state index contributed by atoms with van der Waals surface area (Å²) in [5.74, 6) is 0.516. The maximum absolute atomic E-state index is 11.1. The van der Waals surface area contributed by atoms with Crippen molar-refractivity contribution in [3.8, 4) is 0 Å². The van der Waals surface area contributed by atoms with E-state index in [1.807, 2.05) is 6.07 Å². The molecular weight excluding hydrogens is 252 g/mol. The van der Waals surface area contributed by atoms with Crippen LogP contribution in [0.25, 0.3) is 0 Å². The van der Waals surface area contributed by atoms with Gasteiger partial charge >= 0.3 is 0 Å². The molecule has 1 aliphatic rings. The van der Waals surface area contributed by atoms with Crippen molar-refractivity contribution < 1.29 is 4.79 Å². The predicted molar refractivity (Wildman–Crippen MR) is 80.9 cm³/mol. The molecule has 2 heterocycles. The average molecular weight is 276 g/mol. The molecule has 1 aliphatic heterocycles. The Labute approximate surface area is 120 Å². The van der Waals surface area contributed by atoms with Crippen molar-refractivity contribution in [2.45, 2.75) is 38.6 Å². The number of carbonyl (C=O) groups excluding carboxylic acids is 1. The number of carbonyl (C=O) groups is 1. The van der Waals surface area contributed by atoms with E-state index in [1.165, 1.54) is 19.3 Å². The Morgan fingerprint density at radius 1 is 1.50 bits per heavy atom. The first kappa shape index (κ1) is 14.8. The number of primary amides is 1. The Morgan fingerprint density at radius 2 is 2.35 bits per heavy atom. The third kappa shape index (κ3) is 3.70. The van der Waals surface area contributed by atoms with Crippen LogP contribution in [0.4, 0.5) is 5.82 Å². The number of aromatic nitrogens is 1. The molecule has 3 N–H and O–H groups in total. The fourth-order valence-corrected chi connectivity index (χ4v) is 2.66. The molecular formula is C15H24N4O. The summed E-state index contributed by atoms with van der Waals surface area (Å²) in [4.78, 5) is 17.8. The number of piperidine rings is 1. The summed E-state index contributed by atoms with van der Waals surface area (Å²) in [6.07, 6.45) is 6.38. The van der Waals surface area contributed by atoms with Crippen LogP contribution in [0.1, 0.15) is 43.0 Å². The van der Waals surface area contributed by atoms with Crippen LogP contribution in [0.3, 0.4) is 0 Å². The van der Waals surface area contributed by atoms with Crippen LogP contribution in [-0.2, 0) is 0 Å². The lowest BCUT2D eigenvalue weighted by molar-refractivity contribution is 0.1000. The molecule has 1 aromatic heterocycles. The molecule has 1 fully saturated rings. The molecule has 110 valence electrons. The topological polar surface area (TPSA) is 71.2 Å². The molecule has 1 aromatic rings. The van der Waals surface area contributed by atoms with E-state index in [0.29, 0.717) is 11.6 Å². The van der Waals surface area contributed by atoms with E-state index in [9.17, 15) is 4.79 Å². The summed E-state index contributed by atoms with van der Waals surface area (Å²) in [6, 6.07) is 4.15. The number of nitrogens with one attached hydrogen (secondary N) is 1. The van der Waals surface area contributed by atoms with E-state index in [1.54, 1.807) is 12.3 Å². The Hall–Kier alpha value is -1.62. The molecule has 0 saturated carbocycles. The van der Waals surface area contributed by atoms with Gasteiger partial charge in [-0.25, -0.2) is 4.98 Å². The first-order chi connectivity index (χ1) is 9.72. The number of nitrogens with zero attached hydrogens (tertiary/aromatic N) is 2.